The van der Waals surface area contributed by atoms with Crippen molar-refractivity contribution < 1.29 is 5.11 Å². The Kier molecular flexibility index (Phi) is 1.40. The Hall–Kier alpha value is -1.03. The van der Waals surface area contributed by atoms with Crippen molar-refractivity contribution in [2.45, 2.75) is 19.4 Å². The zero-order valence-corrected chi connectivity index (χ0v) is 5.93. The van der Waals surface area contributed by atoms with Crippen molar-refractivity contribution in [3.8, 4) is 0 Å². The maximum Gasteiger partial charge on any atom is 0.264 e. The molecule has 1 rings (SSSR count). The van der Waals surface area contributed by atoms with Crippen molar-refractivity contribution in [2.24, 2.45) is 0 Å². The Morgan fingerprint density at radius 1 is 1.50 bits per heavy atom. The highest BCUT2D eigenvalue weighted by molar-refractivity contribution is 5.06. The summed E-state index contributed by atoms with van der Waals surface area (Å²) in [6.07, 6.45) is 0. The largest absolute Gasteiger partial charge is 0.384 e. The minimum Gasteiger partial charge on any atom is -0.384 e. The first-order valence-electron chi connectivity index (χ1n) is 3.01. The molecule has 0 aliphatic heterocycles. The van der Waals surface area contributed by atoms with Gasteiger partial charge >= 0.3 is 0 Å². The van der Waals surface area contributed by atoms with Gasteiger partial charge in [0.15, 0.2) is 0 Å². The highest BCUT2D eigenvalue weighted by Gasteiger charge is 2.17. The zero-order valence-electron chi connectivity index (χ0n) is 5.93. The molecule has 4 nitrogen and oxygen atoms in total. The van der Waals surface area contributed by atoms with E-state index in [1.165, 1.54) is 6.07 Å². The molecule has 56 valence electrons. The lowest BCUT2D eigenvalue weighted by molar-refractivity contribution is 0.0738. The average Bonchev–Trinajstić information content (AvgIpc) is 2.11. The van der Waals surface area contributed by atoms with Gasteiger partial charge < -0.3 is 5.11 Å². The van der Waals surface area contributed by atoms with Crippen LogP contribution in [-0.2, 0) is 5.60 Å². The maximum atomic E-state index is 10.5. The van der Waals surface area contributed by atoms with Gasteiger partial charge in [-0.15, -0.1) is 0 Å². The molecule has 0 unspecified atom stereocenters. The molecular weight excluding hydrogens is 132 g/mol. The number of hydrogen-bond donors (Lipinski definition) is 3. The van der Waals surface area contributed by atoms with E-state index in [0.29, 0.717) is 5.69 Å². The molecule has 10 heavy (non-hydrogen) atoms. The van der Waals surface area contributed by atoms with Crippen LogP contribution in [0.4, 0.5) is 0 Å². The molecule has 0 aliphatic carbocycles. The number of rotatable bonds is 1. The molecule has 4 heteroatoms. The molecule has 0 spiro atoms. The minimum atomic E-state index is -0.973. The van der Waals surface area contributed by atoms with Crippen molar-refractivity contribution in [1.82, 2.24) is 10.2 Å². The summed E-state index contributed by atoms with van der Waals surface area (Å²) in [6, 6.07) is 1.33. The fourth-order valence-corrected chi connectivity index (χ4v) is 0.662. The van der Waals surface area contributed by atoms with E-state index in [1.807, 2.05) is 0 Å². The van der Waals surface area contributed by atoms with Crippen LogP contribution in [0, 0.1) is 0 Å². The first-order chi connectivity index (χ1) is 4.50. The van der Waals surface area contributed by atoms with Crippen LogP contribution in [0.1, 0.15) is 19.5 Å². The summed E-state index contributed by atoms with van der Waals surface area (Å²) in [4.78, 5) is 10.5. The SMILES string of the molecule is CC(C)(O)c1cc(=O)[nH][nH]1. The second-order valence-electron chi connectivity index (χ2n) is 2.73. The number of hydrogen-bond acceptors (Lipinski definition) is 2. The molecule has 0 saturated carbocycles. The van der Waals surface area contributed by atoms with E-state index in [9.17, 15) is 9.90 Å². The van der Waals surface area contributed by atoms with Gasteiger partial charge in [0.05, 0.1) is 5.69 Å². The molecule has 0 amide bonds. The molecule has 1 aromatic rings. The Morgan fingerprint density at radius 3 is 2.30 bits per heavy atom. The topological polar surface area (TPSA) is 68.9 Å². The fraction of sp³-hybridized carbons (Fsp3) is 0.500. The monoisotopic (exact) mass is 142 g/mol. The number of aromatic amines is 2. The molecular formula is C6H10N2O2. The van der Waals surface area contributed by atoms with E-state index in [-0.39, 0.29) is 5.56 Å². The van der Waals surface area contributed by atoms with E-state index >= 15 is 0 Å². The summed E-state index contributed by atoms with van der Waals surface area (Å²) in [7, 11) is 0. The Balaban J connectivity index is 3.07. The van der Waals surface area contributed by atoms with Crippen LogP contribution in [0.25, 0.3) is 0 Å². The Morgan fingerprint density at radius 2 is 2.10 bits per heavy atom. The van der Waals surface area contributed by atoms with Crippen LogP contribution in [0.2, 0.25) is 0 Å². The summed E-state index contributed by atoms with van der Waals surface area (Å²) >= 11 is 0. The van der Waals surface area contributed by atoms with Gasteiger partial charge in [0.2, 0.25) is 0 Å². The lowest BCUT2D eigenvalue weighted by atomic mass is 10.1. The highest BCUT2D eigenvalue weighted by atomic mass is 16.3. The van der Waals surface area contributed by atoms with E-state index < -0.39 is 5.60 Å². The normalized spacial score (nSPS) is 11.9. The van der Waals surface area contributed by atoms with Gasteiger partial charge in [-0.25, -0.2) is 0 Å². The van der Waals surface area contributed by atoms with Gasteiger partial charge in [0.1, 0.15) is 5.60 Å². The summed E-state index contributed by atoms with van der Waals surface area (Å²) < 4.78 is 0. The molecule has 0 radical (unpaired) electrons. The average molecular weight is 142 g/mol. The van der Waals surface area contributed by atoms with Gasteiger partial charge in [0, 0.05) is 6.07 Å². The predicted molar refractivity (Wildman–Crippen MR) is 36.7 cm³/mol. The Labute approximate surface area is 57.9 Å². The van der Waals surface area contributed by atoms with Crippen molar-refractivity contribution in [3.05, 3.63) is 22.1 Å². The molecule has 0 saturated heterocycles. The summed E-state index contributed by atoms with van der Waals surface area (Å²) in [5, 5.41) is 14.2. The number of nitrogens with one attached hydrogen (secondary N) is 2. The zero-order chi connectivity index (χ0) is 7.78. The second-order valence-corrected chi connectivity index (χ2v) is 2.73. The van der Waals surface area contributed by atoms with Crippen LogP contribution in [0.15, 0.2) is 10.9 Å². The third kappa shape index (κ3) is 1.27. The first kappa shape index (κ1) is 7.08. The quantitative estimate of drug-likeness (QED) is 0.513. The smallest absolute Gasteiger partial charge is 0.264 e. The molecule has 3 N–H and O–H groups in total. The van der Waals surface area contributed by atoms with E-state index in [4.69, 9.17) is 0 Å². The molecule has 1 heterocycles. The van der Waals surface area contributed by atoms with Crippen molar-refractivity contribution in [3.63, 3.8) is 0 Å². The van der Waals surface area contributed by atoms with Gasteiger partial charge in [0.25, 0.3) is 5.56 Å². The van der Waals surface area contributed by atoms with Crippen LogP contribution in [0.5, 0.6) is 0 Å². The minimum absolute atomic E-state index is 0.225. The molecule has 0 atom stereocenters. The predicted octanol–water partition coefficient (Wildman–Crippen LogP) is -0.0696. The van der Waals surface area contributed by atoms with Crippen molar-refractivity contribution >= 4 is 0 Å². The number of aliphatic hydroxyl groups is 1. The number of H-pyrrole nitrogens is 2. The summed E-state index contributed by atoms with van der Waals surface area (Å²) in [6.45, 7) is 3.21. The Bertz CT molecular complexity index is 266. The maximum absolute atomic E-state index is 10.5. The van der Waals surface area contributed by atoms with Crippen molar-refractivity contribution in [1.29, 1.82) is 0 Å². The third-order valence-corrected chi connectivity index (χ3v) is 1.25. The standard InChI is InChI=1S/C6H10N2O2/c1-6(2,10)4-3-5(9)8-7-4/h3,10H,1-2H3,(H2,7,8,9). The fourth-order valence-electron chi connectivity index (χ4n) is 0.662. The van der Waals surface area contributed by atoms with E-state index in [2.05, 4.69) is 10.2 Å². The lowest BCUT2D eigenvalue weighted by Crippen LogP contribution is -2.15. The summed E-state index contributed by atoms with van der Waals surface area (Å²) in [5.41, 5.74) is -0.700. The molecule has 0 bridgehead atoms. The van der Waals surface area contributed by atoms with E-state index in [0.717, 1.165) is 0 Å². The van der Waals surface area contributed by atoms with Crippen LogP contribution < -0.4 is 5.56 Å². The molecule has 0 fully saturated rings. The van der Waals surface area contributed by atoms with Crippen LogP contribution in [-0.4, -0.2) is 15.3 Å². The molecule has 0 aliphatic rings. The third-order valence-electron chi connectivity index (χ3n) is 1.25. The van der Waals surface area contributed by atoms with Gasteiger partial charge in [-0.1, -0.05) is 0 Å². The van der Waals surface area contributed by atoms with Crippen LogP contribution >= 0.6 is 0 Å². The van der Waals surface area contributed by atoms with Gasteiger partial charge in [-0.2, -0.15) is 0 Å². The summed E-state index contributed by atoms with van der Waals surface area (Å²) in [5.74, 6) is 0. The first-order valence-corrected chi connectivity index (χ1v) is 3.01. The highest BCUT2D eigenvalue weighted by Crippen LogP contribution is 2.13. The van der Waals surface area contributed by atoms with Crippen molar-refractivity contribution in [2.75, 3.05) is 0 Å². The number of aromatic nitrogens is 2. The molecule has 1 aromatic heterocycles. The van der Waals surface area contributed by atoms with Crippen LogP contribution in [0.3, 0.4) is 0 Å². The van der Waals surface area contributed by atoms with E-state index in [1.54, 1.807) is 13.8 Å². The lowest BCUT2D eigenvalue weighted by Gasteiger charge is -2.13. The second kappa shape index (κ2) is 1.98. The van der Waals surface area contributed by atoms with Gasteiger partial charge in [-0.3, -0.25) is 15.0 Å². The van der Waals surface area contributed by atoms with Gasteiger partial charge in [-0.05, 0) is 13.8 Å². The molecule has 0 aromatic carbocycles.